The van der Waals surface area contributed by atoms with Gasteiger partial charge in [-0.1, -0.05) is 0 Å². The molecule has 0 saturated carbocycles. The highest BCUT2D eigenvalue weighted by Gasteiger charge is 2.42. The van der Waals surface area contributed by atoms with Crippen LogP contribution in [0.2, 0.25) is 0 Å². The van der Waals surface area contributed by atoms with Crippen LogP contribution in [0.1, 0.15) is 25.7 Å². The van der Waals surface area contributed by atoms with E-state index in [1.807, 2.05) is 4.90 Å². The Kier molecular flexibility index (Phi) is 6.38. The number of hydrogen-bond acceptors (Lipinski definition) is 3. The monoisotopic (exact) mass is 268 g/mol. The molecule has 0 aromatic rings. The van der Waals surface area contributed by atoms with Crippen molar-refractivity contribution in [1.29, 1.82) is 0 Å². The van der Waals surface area contributed by atoms with E-state index in [2.05, 4.69) is 0 Å². The van der Waals surface area contributed by atoms with Crippen molar-refractivity contribution in [3.05, 3.63) is 0 Å². The zero-order valence-corrected chi connectivity index (χ0v) is 10.9. The maximum atomic E-state index is 12.7. The van der Waals surface area contributed by atoms with E-state index in [-0.39, 0.29) is 19.0 Å². The molecule has 1 fully saturated rings. The maximum absolute atomic E-state index is 12.7. The fourth-order valence-electron chi connectivity index (χ4n) is 2.52. The molecular weight excluding hydrogens is 245 g/mol. The van der Waals surface area contributed by atoms with Gasteiger partial charge < -0.3 is 10.5 Å². The Hall–Kier alpha value is -0.330. The largest absolute Gasteiger partial charge is 0.393 e. The molecule has 1 saturated heterocycles. The third-order valence-corrected chi connectivity index (χ3v) is 3.53. The molecule has 6 heteroatoms. The molecule has 1 heterocycles. The SMILES string of the molecule is COCC(CCCN)N1CCCC(C(F)(F)F)C1. The van der Waals surface area contributed by atoms with Crippen LogP contribution in [0, 0.1) is 5.92 Å². The average molecular weight is 268 g/mol. The second-order valence-electron chi connectivity index (χ2n) is 4.92. The summed E-state index contributed by atoms with van der Waals surface area (Å²) in [6, 6.07) is 0.0590. The van der Waals surface area contributed by atoms with Crippen LogP contribution in [-0.2, 0) is 4.74 Å². The molecule has 0 aromatic carbocycles. The molecule has 0 radical (unpaired) electrons. The molecule has 0 amide bonds. The molecule has 108 valence electrons. The summed E-state index contributed by atoms with van der Waals surface area (Å²) >= 11 is 0. The Morgan fingerprint density at radius 1 is 1.44 bits per heavy atom. The minimum absolute atomic E-state index is 0.0590. The van der Waals surface area contributed by atoms with Gasteiger partial charge in [0.25, 0.3) is 0 Å². The van der Waals surface area contributed by atoms with Gasteiger partial charge in [-0.15, -0.1) is 0 Å². The van der Waals surface area contributed by atoms with E-state index in [1.165, 1.54) is 0 Å². The fourth-order valence-corrected chi connectivity index (χ4v) is 2.52. The molecule has 1 aliphatic rings. The van der Waals surface area contributed by atoms with Crippen molar-refractivity contribution in [2.75, 3.05) is 33.4 Å². The van der Waals surface area contributed by atoms with Crippen LogP contribution in [0.4, 0.5) is 13.2 Å². The van der Waals surface area contributed by atoms with E-state index in [0.717, 1.165) is 19.4 Å². The van der Waals surface area contributed by atoms with Gasteiger partial charge in [0, 0.05) is 19.7 Å². The van der Waals surface area contributed by atoms with Crippen molar-refractivity contribution in [3.8, 4) is 0 Å². The van der Waals surface area contributed by atoms with Crippen molar-refractivity contribution in [3.63, 3.8) is 0 Å². The van der Waals surface area contributed by atoms with Gasteiger partial charge in [-0.3, -0.25) is 4.90 Å². The zero-order valence-electron chi connectivity index (χ0n) is 10.9. The predicted octanol–water partition coefficient (Wildman–Crippen LogP) is 2.01. The zero-order chi connectivity index (χ0) is 13.6. The number of methoxy groups -OCH3 is 1. The van der Waals surface area contributed by atoms with Gasteiger partial charge in [-0.2, -0.15) is 13.2 Å². The summed E-state index contributed by atoms with van der Waals surface area (Å²) in [7, 11) is 1.58. The Morgan fingerprint density at radius 2 is 2.17 bits per heavy atom. The third kappa shape index (κ3) is 4.74. The Bertz CT molecular complexity index is 236. The first kappa shape index (κ1) is 15.7. The van der Waals surface area contributed by atoms with Gasteiger partial charge in [0.05, 0.1) is 12.5 Å². The number of halogens is 3. The highest BCUT2D eigenvalue weighted by atomic mass is 19.4. The number of alkyl halides is 3. The van der Waals surface area contributed by atoms with Crippen molar-refractivity contribution in [2.45, 2.75) is 37.9 Å². The lowest BCUT2D eigenvalue weighted by atomic mass is 9.95. The van der Waals surface area contributed by atoms with Gasteiger partial charge in [0.1, 0.15) is 0 Å². The van der Waals surface area contributed by atoms with E-state index < -0.39 is 12.1 Å². The van der Waals surface area contributed by atoms with Crippen LogP contribution in [0.5, 0.6) is 0 Å². The number of nitrogens with zero attached hydrogens (tertiary/aromatic N) is 1. The van der Waals surface area contributed by atoms with E-state index in [9.17, 15) is 13.2 Å². The smallest absolute Gasteiger partial charge is 0.383 e. The lowest BCUT2D eigenvalue weighted by Gasteiger charge is -2.38. The van der Waals surface area contributed by atoms with Gasteiger partial charge in [0.15, 0.2) is 0 Å². The molecule has 1 aliphatic heterocycles. The van der Waals surface area contributed by atoms with Crippen molar-refractivity contribution in [1.82, 2.24) is 4.90 Å². The summed E-state index contributed by atoms with van der Waals surface area (Å²) in [5.41, 5.74) is 5.46. The molecule has 2 atom stereocenters. The van der Waals surface area contributed by atoms with E-state index in [4.69, 9.17) is 10.5 Å². The van der Waals surface area contributed by atoms with Crippen molar-refractivity contribution < 1.29 is 17.9 Å². The highest BCUT2D eigenvalue weighted by Crippen LogP contribution is 2.34. The number of hydrogen-bond donors (Lipinski definition) is 1. The Labute approximate surface area is 106 Å². The lowest BCUT2D eigenvalue weighted by molar-refractivity contribution is -0.189. The number of nitrogens with two attached hydrogens (primary N) is 1. The van der Waals surface area contributed by atoms with Crippen molar-refractivity contribution in [2.24, 2.45) is 11.7 Å². The molecule has 0 bridgehead atoms. The Morgan fingerprint density at radius 3 is 2.72 bits per heavy atom. The molecule has 2 unspecified atom stereocenters. The summed E-state index contributed by atoms with van der Waals surface area (Å²) in [5, 5.41) is 0. The van der Waals surface area contributed by atoms with E-state index in [1.54, 1.807) is 7.11 Å². The summed E-state index contributed by atoms with van der Waals surface area (Å²) in [5.74, 6) is -1.19. The summed E-state index contributed by atoms with van der Waals surface area (Å²) < 4.78 is 43.3. The standard InChI is InChI=1S/C12H23F3N2O/c1-18-9-11(5-2-6-16)17-7-3-4-10(8-17)12(13,14)15/h10-11H,2-9,16H2,1H3. The van der Waals surface area contributed by atoms with Crippen LogP contribution in [0.3, 0.4) is 0 Å². The highest BCUT2D eigenvalue weighted by molar-refractivity contribution is 4.82. The van der Waals surface area contributed by atoms with Crippen LogP contribution >= 0.6 is 0 Å². The van der Waals surface area contributed by atoms with Gasteiger partial charge >= 0.3 is 6.18 Å². The maximum Gasteiger partial charge on any atom is 0.393 e. The number of piperidine rings is 1. The first-order valence-electron chi connectivity index (χ1n) is 6.48. The van der Waals surface area contributed by atoms with Crippen LogP contribution < -0.4 is 5.73 Å². The van der Waals surface area contributed by atoms with Gasteiger partial charge in [-0.25, -0.2) is 0 Å². The normalized spacial score (nSPS) is 24.2. The average Bonchev–Trinajstić information content (AvgIpc) is 2.33. The van der Waals surface area contributed by atoms with Gasteiger partial charge in [-0.05, 0) is 38.8 Å². The fraction of sp³-hybridized carbons (Fsp3) is 1.00. The van der Waals surface area contributed by atoms with Crippen LogP contribution in [-0.4, -0.2) is 50.5 Å². The number of rotatable bonds is 6. The minimum atomic E-state index is -4.08. The predicted molar refractivity (Wildman–Crippen MR) is 64.3 cm³/mol. The number of ether oxygens (including phenoxy) is 1. The molecule has 0 aliphatic carbocycles. The van der Waals surface area contributed by atoms with Gasteiger partial charge in [0.2, 0.25) is 0 Å². The second kappa shape index (κ2) is 7.31. The molecule has 1 rings (SSSR count). The van der Waals surface area contributed by atoms with Crippen molar-refractivity contribution >= 4 is 0 Å². The van der Waals surface area contributed by atoms with Crippen LogP contribution in [0.15, 0.2) is 0 Å². The Balaban J connectivity index is 2.55. The summed E-state index contributed by atoms with van der Waals surface area (Å²) in [4.78, 5) is 1.92. The van der Waals surface area contributed by atoms with E-state index >= 15 is 0 Å². The number of likely N-dealkylation sites (tertiary alicyclic amines) is 1. The van der Waals surface area contributed by atoms with Crippen LogP contribution in [0.25, 0.3) is 0 Å². The first-order valence-corrected chi connectivity index (χ1v) is 6.48. The van der Waals surface area contributed by atoms with E-state index in [0.29, 0.717) is 19.6 Å². The lowest BCUT2D eigenvalue weighted by Crippen LogP contribution is -2.48. The quantitative estimate of drug-likeness (QED) is 0.801. The second-order valence-corrected chi connectivity index (χ2v) is 4.92. The molecule has 18 heavy (non-hydrogen) atoms. The molecule has 0 spiro atoms. The molecule has 0 aromatic heterocycles. The minimum Gasteiger partial charge on any atom is -0.383 e. The first-order chi connectivity index (χ1) is 8.49. The third-order valence-electron chi connectivity index (χ3n) is 3.53. The summed E-state index contributed by atoms with van der Waals surface area (Å²) in [6.45, 7) is 1.87. The summed E-state index contributed by atoms with van der Waals surface area (Å²) in [6.07, 6.45) is -1.61. The molecular formula is C12H23F3N2O. The molecule has 2 N–H and O–H groups in total. The topological polar surface area (TPSA) is 38.5 Å². The molecule has 3 nitrogen and oxygen atoms in total.